The van der Waals surface area contributed by atoms with E-state index in [-0.39, 0.29) is 0 Å². The van der Waals surface area contributed by atoms with Crippen molar-refractivity contribution in [3.8, 4) is 40.1 Å². The van der Waals surface area contributed by atoms with Crippen LogP contribution in [0.3, 0.4) is 0 Å². The monoisotopic (exact) mass is 485 g/mol. The molecule has 0 spiro atoms. The van der Waals surface area contributed by atoms with E-state index in [1.807, 2.05) is 18.2 Å². The van der Waals surface area contributed by atoms with Crippen LogP contribution in [0, 0.1) is 22.7 Å². The predicted molar refractivity (Wildman–Crippen MR) is 153 cm³/mol. The van der Waals surface area contributed by atoms with Crippen molar-refractivity contribution in [2.45, 2.75) is 19.3 Å². The first-order valence-corrected chi connectivity index (χ1v) is 12.7. The van der Waals surface area contributed by atoms with Gasteiger partial charge in [-0.2, -0.15) is 10.5 Å². The zero-order valence-corrected chi connectivity index (χ0v) is 21.2. The van der Waals surface area contributed by atoms with Crippen LogP contribution in [0.2, 0.25) is 0 Å². The van der Waals surface area contributed by atoms with Crippen molar-refractivity contribution in [2.24, 2.45) is 0 Å². The highest BCUT2D eigenvalue weighted by Crippen LogP contribution is 2.50. The average Bonchev–Trinajstić information content (AvgIpc) is 3.29. The van der Waals surface area contributed by atoms with Gasteiger partial charge in [0.05, 0.1) is 33.9 Å². The maximum Gasteiger partial charge on any atom is 0.101 e. The number of benzene rings is 5. The van der Waals surface area contributed by atoms with Gasteiger partial charge >= 0.3 is 0 Å². The molecule has 1 aliphatic rings. The summed E-state index contributed by atoms with van der Waals surface area (Å²) in [5.41, 5.74) is 10.5. The number of hydrogen-bond donors (Lipinski definition) is 0. The summed E-state index contributed by atoms with van der Waals surface area (Å²) >= 11 is 0. The normalized spacial score (nSPS) is 13.2. The van der Waals surface area contributed by atoms with Crippen molar-refractivity contribution in [1.29, 1.82) is 10.5 Å². The summed E-state index contributed by atoms with van der Waals surface area (Å²) in [6, 6.07) is 40.4. The van der Waals surface area contributed by atoms with Crippen molar-refractivity contribution in [1.82, 2.24) is 4.57 Å². The number of rotatable bonds is 2. The first-order chi connectivity index (χ1) is 18.5. The fraction of sp³-hybridized carbons (Fsp3) is 0.0857. The third kappa shape index (κ3) is 3.00. The second-order valence-electron chi connectivity index (χ2n) is 10.5. The molecule has 6 aromatic rings. The molecule has 0 aliphatic carbocycles. The Morgan fingerprint density at radius 2 is 1.26 bits per heavy atom. The lowest BCUT2D eigenvalue weighted by molar-refractivity contribution is 0.629. The molecule has 0 bridgehead atoms. The van der Waals surface area contributed by atoms with E-state index < -0.39 is 5.41 Å². The zero-order chi connectivity index (χ0) is 26.0. The highest BCUT2D eigenvalue weighted by molar-refractivity contribution is 6.14. The molecule has 7 rings (SSSR count). The number of nitrogens with zero attached hydrogens (tertiary/aromatic N) is 3. The van der Waals surface area contributed by atoms with Crippen LogP contribution in [0.25, 0.3) is 49.7 Å². The van der Waals surface area contributed by atoms with E-state index in [0.29, 0.717) is 11.1 Å². The van der Waals surface area contributed by atoms with Crippen LogP contribution >= 0.6 is 0 Å². The second-order valence-corrected chi connectivity index (χ2v) is 10.5. The second kappa shape index (κ2) is 7.94. The molecule has 0 atom stereocenters. The fourth-order valence-electron chi connectivity index (χ4n) is 6.11. The van der Waals surface area contributed by atoms with Crippen molar-refractivity contribution in [3.63, 3.8) is 0 Å². The van der Waals surface area contributed by atoms with Gasteiger partial charge in [0.25, 0.3) is 0 Å². The van der Waals surface area contributed by atoms with Gasteiger partial charge in [0.2, 0.25) is 0 Å². The molecule has 5 aromatic carbocycles. The van der Waals surface area contributed by atoms with Crippen LogP contribution in [0.5, 0.6) is 0 Å². The van der Waals surface area contributed by atoms with Crippen molar-refractivity contribution in [2.75, 3.05) is 0 Å². The molecule has 0 N–H and O–H groups in total. The molecule has 3 nitrogen and oxygen atoms in total. The van der Waals surface area contributed by atoms with Gasteiger partial charge in [-0.15, -0.1) is 0 Å². The Kier molecular flexibility index (Phi) is 4.62. The molecule has 178 valence electrons. The van der Waals surface area contributed by atoms with Crippen molar-refractivity contribution in [3.05, 3.63) is 125 Å². The molecule has 0 saturated heterocycles. The molecule has 38 heavy (non-hydrogen) atoms. The third-order valence-electron chi connectivity index (χ3n) is 8.01. The Bertz CT molecular complexity index is 2000. The van der Waals surface area contributed by atoms with Crippen LogP contribution in [0.4, 0.5) is 0 Å². The number of hydrogen-bond acceptors (Lipinski definition) is 2. The topological polar surface area (TPSA) is 52.5 Å². The van der Waals surface area contributed by atoms with Gasteiger partial charge in [-0.3, -0.25) is 0 Å². The lowest BCUT2D eigenvalue weighted by Crippen LogP contribution is -2.27. The van der Waals surface area contributed by atoms with Gasteiger partial charge in [0.1, 0.15) is 6.07 Å². The molecule has 0 saturated carbocycles. The fourth-order valence-corrected chi connectivity index (χ4v) is 6.11. The lowest BCUT2D eigenvalue weighted by Gasteiger charge is -2.35. The first-order valence-electron chi connectivity index (χ1n) is 12.7. The maximum atomic E-state index is 10.2. The Balaban J connectivity index is 1.68. The van der Waals surface area contributed by atoms with Crippen LogP contribution in [0.15, 0.2) is 103 Å². The summed E-state index contributed by atoms with van der Waals surface area (Å²) in [5, 5.41) is 22.3. The molecule has 1 aromatic heterocycles. The van der Waals surface area contributed by atoms with Gasteiger partial charge in [0, 0.05) is 16.2 Å². The number of fused-ring (bicyclic) bond motifs is 5. The van der Waals surface area contributed by atoms with Gasteiger partial charge in [-0.25, -0.2) is 0 Å². The SMILES string of the molecule is CC1(C)c2cc(C#N)cc(C#N)c2-n2c3ccc(-c4ccccc4)cc3c3cc(-c4ccccc4)cc1c32. The number of aromatic nitrogens is 1. The van der Waals surface area contributed by atoms with E-state index in [0.717, 1.165) is 44.4 Å². The van der Waals surface area contributed by atoms with Crippen LogP contribution in [0.1, 0.15) is 36.1 Å². The molecule has 0 radical (unpaired) electrons. The van der Waals surface area contributed by atoms with Crippen LogP contribution in [-0.4, -0.2) is 4.57 Å². The summed E-state index contributed by atoms with van der Waals surface area (Å²) < 4.78 is 2.25. The van der Waals surface area contributed by atoms with Gasteiger partial charge < -0.3 is 4.57 Å². The molecule has 2 heterocycles. The summed E-state index contributed by atoms with van der Waals surface area (Å²) in [7, 11) is 0. The zero-order valence-electron chi connectivity index (χ0n) is 21.2. The predicted octanol–water partition coefficient (Wildman–Crippen LogP) is 8.50. The van der Waals surface area contributed by atoms with E-state index >= 15 is 0 Å². The van der Waals surface area contributed by atoms with E-state index in [9.17, 15) is 10.5 Å². The highest BCUT2D eigenvalue weighted by Gasteiger charge is 2.37. The molecular weight excluding hydrogens is 462 g/mol. The standard InChI is InChI=1S/C35H23N3/c1-35(2)30-16-22(20-36)15-27(21-37)33(30)38-32-14-13-25(23-9-5-3-6-10-23)17-28(32)29-18-26(19-31(35)34(29)38)24-11-7-4-8-12-24/h3-19H,1-2H3. The minimum atomic E-state index is -0.413. The Labute approximate surface area is 221 Å². The molecule has 0 fully saturated rings. The summed E-state index contributed by atoms with van der Waals surface area (Å²) in [5.74, 6) is 0. The highest BCUT2D eigenvalue weighted by atomic mass is 15.0. The van der Waals surface area contributed by atoms with E-state index in [2.05, 4.69) is 109 Å². The van der Waals surface area contributed by atoms with Crippen molar-refractivity contribution >= 4 is 21.8 Å². The van der Waals surface area contributed by atoms with Gasteiger partial charge in [-0.1, -0.05) is 80.6 Å². The first kappa shape index (κ1) is 22.1. The smallest absolute Gasteiger partial charge is 0.101 e. The number of nitriles is 2. The van der Waals surface area contributed by atoms with E-state index in [4.69, 9.17) is 0 Å². The summed E-state index contributed by atoms with van der Waals surface area (Å²) in [4.78, 5) is 0. The summed E-state index contributed by atoms with van der Waals surface area (Å²) in [6.45, 7) is 4.41. The molecule has 1 aliphatic heterocycles. The van der Waals surface area contributed by atoms with E-state index in [1.54, 1.807) is 6.07 Å². The van der Waals surface area contributed by atoms with Gasteiger partial charge in [0.15, 0.2) is 0 Å². The van der Waals surface area contributed by atoms with Gasteiger partial charge in [-0.05, 0) is 69.8 Å². The Morgan fingerprint density at radius 3 is 1.92 bits per heavy atom. The largest absolute Gasteiger partial charge is 0.307 e. The molecule has 3 heteroatoms. The van der Waals surface area contributed by atoms with E-state index in [1.165, 1.54) is 16.5 Å². The van der Waals surface area contributed by atoms with Crippen LogP contribution < -0.4 is 0 Å². The quantitative estimate of drug-likeness (QED) is 0.247. The van der Waals surface area contributed by atoms with Crippen molar-refractivity contribution < 1.29 is 0 Å². The average molecular weight is 486 g/mol. The third-order valence-corrected chi connectivity index (χ3v) is 8.01. The molecular formula is C35H23N3. The Morgan fingerprint density at radius 1 is 0.605 bits per heavy atom. The maximum absolute atomic E-state index is 10.2. The Hall–Kier alpha value is -5.12. The molecule has 0 amide bonds. The van der Waals surface area contributed by atoms with Crippen LogP contribution in [-0.2, 0) is 5.41 Å². The minimum absolute atomic E-state index is 0.413. The minimum Gasteiger partial charge on any atom is -0.307 e. The molecule has 0 unspecified atom stereocenters. The lowest BCUT2D eigenvalue weighted by atomic mass is 9.73. The summed E-state index contributed by atoms with van der Waals surface area (Å²) in [6.07, 6.45) is 0.